The summed E-state index contributed by atoms with van der Waals surface area (Å²) in [5.74, 6) is 3.39. The molecule has 0 heterocycles. The normalized spacial score (nSPS) is 24.4. The second-order valence-electron chi connectivity index (χ2n) is 15.7. The van der Waals surface area contributed by atoms with Crippen molar-refractivity contribution in [2.45, 2.75) is 43.9 Å². The summed E-state index contributed by atoms with van der Waals surface area (Å²) in [6.45, 7) is 0. The van der Waals surface area contributed by atoms with E-state index in [1.807, 2.05) is 0 Å². The topological polar surface area (TPSA) is 3.24 Å². The van der Waals surface area contributed by atoms with Crippen LogP contribution in [0.5, 0.6) is 0 Å². The Morgan fingerprint density at radius 2 is 1.20 bits per heavy atom. The highest BCUT2D eigenvalue weighted by atomic mass is 15.1. The Hall–Kier alpha value is -5.14. The highest BCUT2D eigenvalue weighted by molar-refractivity contribution is 6.15. The highest BCUT2D eigenvalue weighted by Crippen LogP contribution is 2.66. The Balaban J connectivity index is 1.20. The molecule has 4 aliphatic carbocycles. The third kappa shape index (κ3) is 4.07. The molecule has 1 spiro atoms. The standard InChI is InChI=1S/C49H41N/c1-2-12-33(13-3-1)40-16-9-11-21-47(40)50(48-29-34-14-4-5-15-39(34)41-17-6-7-19-44(41)48)38-24-25-43-42-18-8-10-20-45(42)49(46(43)30-38)31-35-23-22-32-26-36(35)28-37(49)27-32/h1-21,24-25,29-30,32,35-37H,22-23,26-28,31H2. The predicted molar refractivity (Wildman–Crippen MR) is 209 cm³/mol. The van der Waals surface area contributed by atoms with Gasteiger partial charge >= 0.3 is 0 Å². The Labute approximate surface area is 295 Å². The molecular formula is C49H41N. The molecule has 0 saturated heterocycles. The van der Waals surface area contributed by atoms with Gasteiger partial charge in [-0.1, -0.05) is 134 Å². The van der Waals surface area contributed by atoms with Crippen LogP contribution in [0.2, 0.25) is 0 Å². The van der Waals surface area contributed by atoms with Crippen LogP contribution in [-0.4, -0.2) is 0 Å². The van der Waals surface area contributed by atoms with Gasteiger partial charge in [0, 0.05) is 22.1 Å². The number of para-hydroxylation sites is 1. The summed E-state index contributed by atoms with van der Waals surface area (Å²) < 4.78 is 0. The molecule has 1 heteroatoms. The van der Waals surface area contributed by atoms with Crippen LogP contribution < -0.4 is 4.90 Å². The molecule has 5 unspecified atom stereocenters. The molecule has 7 aromatic carbocycles. The highest BCUT2D eigenvalue weighted by Gasteiger charge is 2.57. The average Bonchev–Trinajstić information content (AvgIpc) is 3.45. The van der Waals surface area contributed by atoms with Gasteiger partial charge in [-0.3, -0.25) is 0 Å². The molecule has 3 bridgehead atoms. The van der Waals surface area contributed by atoms with E-state index in [1.165, 1.54) is 99.4 Å². The molecule has 0 radical (unpaired) electrons. The van der Waals surface area contributed by atoms with Gasteiger partial charge in [0.25, 0.3) is 0 Å². The Kier molecular flexibility index (Phi) is 6.27. The molecule has 50 heavy (non-hydrogen) atoms. The molecule has 0 N–H and O–H groups in total. The molecule has 0 aromatic heterocycles. The van der Waals surface area contributed by atoms with Crippen molar-refractivity contribution in [1.82, 2.24) is 0 Å². The van der Waals surface area contributed by atoms with E-state index in [2.05, 4.69) is 157 Å². The lowest BCUT2D eigenvalue weighted by atomic mass is 9.47. The first-order valence-corrected chi connectivity index (χ1v) is 18.9. The van der Waals surface area contributed by atoms with Gasteiger partial charge in [-0.05, 0) is 124 Å². The first-order chi connectivity index (χ1) is 24.8. The maximum atomic E-state index is 2.64. The molecule has 3 saturated carbocycles. The van der Waals surface area contributed by atoms with E-state index < -0.39 is 0 Å². The number of hydrogen-bond acceptors (Lipinski definition) is 1. The van der Waals surface area contributed by atoms with E-state index in [1.54, 1.807) is 11.1 Å². The maximum absolute atomic E-state index is 2.64. The van der Waals surface area contributed by atoms with Crippen molar-refractivity contribution in [3.8, 4) is 22.3 Å². The fraction of sp³-hybridized carbons (Fsp3) is 0.224. The lowest BCUT2D eigenvalue weighted by molar-refractivity contribution is -0.0103. The average molecular weight is 644 g/mol. The van der Waals surface area contributed by atoms with Crippen molar-refractivity contribution < 1.29 is 0 Å². The molecule has 3 fully saturated rings. The van der Waals surface area contributed by atoms with Gasteiger partial charge in [-0.2, -0.15) is 0 Å². The van der Waals surface area contributed by atoms with Gasteiger partial charge in [0.15, 0.2) is 0 Å². The van der Waals surface area contributed by atoms with Crippen LogP contribution in [0.4, 0.5) is 17.1 Å². The predicted octanol–water partition coefficient (Wildman–Crippen LogP) is 13.2. The third-order valence-electron chi connectivity index (χ3n) is 13.4. The van der Waals surface area contributed by atoms with Gasteiger partial charge in [0.2, 0.25) is 0 Å². The zero-order chi connectivity index (χ0) is 32.8. The maximum Gasteiger partial charge on any atom is 0.0546 e. The number of fused-ring (bicyclic) bond motifs is 11. The molecule has 5 atom stereocenters. The summed E-state index contributed by atoms with van der Waals surface area (Å²) in [5.41, 5.74) is 12.4. The van der Waals surface area contributed by atoms with Crippen LogP contribution in [0.1, 0.15) is 49.7 Å². The number of nitrogens with zero attached hydrogens (tertiary/aromatic N) is 1. The van der Waals surface area contributed by atoms with Gasteiger partial charge in [0.05, 0.1) is 11.4 Å². The number of anilines is 3. The molecule has 1 nitrogen and oxygen atoms in total. The van der Waals surface area contributed by atoms with Crippen LogP contribution >= 0.6 is 0 Å². The second kappa shape index (κ2) is 10.9. The summed E-state index contributed by atoms with van der Waals surface area (Å²) >= 11 is 0. The summed E-state index contributed by atoms with van der Waals surface area (Å²) in [6, 6.07) is 57.3. The van der Waals surface area contributed by atoms with Crippen molar-refractivity contribution in [2.75, 3.05) is 4.90 Å². The van der Waals surface area contributed by atoms with Crippen molar-refractivity contribution >= 4 is 38.6 Å². The van der Waals surface area contributed by atoms with E-state index in [4.69, 9.17) is 0 Å². The monoisotopic (exact) mass is 643 g/mol. The van der Waals surface area contributed by atoms with Crippen molar-refractivity contribution in [3.63, 3.8) is 0 Å². The lowest BCUT2D eigenvalue weighted by Gasteiger charge is -2.57. The van der Waals surface area contributed by atoms with Crippen LogP contribution in [0.15, 0.2) is 152 Å². The SMILES string of the molecule is c1ccc(-c2ccccc2N(c2ccc3c(c2)C2(CC4CCC5CC4CC2C5)c2ccccc2-3)c2cc3ccccc3c3ccccc23)cc1. The van der Waals surface area contributed by atoms with E-state index >= 15 is 0 Å². The van der Waals surface area contributed by atoms with Crippen molar-refractivity contribution in [2.24, 2.45) is 23.7 Å². The zero-order valence-electron chi connectivity index (χ0n) is 28.4. The first kappa shape index (κ1) is 28.7. The lowest BCUT2D eigenvalue weighted by Crippen LogP contribution is -2.50. The molecule has 11 rings (SSSR count). The Morgan fingerprint density at radius 1 is 0.480 bits per heavy atom. The first-order valence-electron chi connectivity index (χ1n) is 18.9. The molecule has 4 aliphatic rings. The minimum Gasteiger partial charge on any atom is -0.309 e. The largest absolute Gasteiger partial charge is 0.309 e. The van der Waals surface area contributed by atoms with Gasteiger partial charge in [-0.15, -0.1) is 0 Å². The molecular weight excluding hydrogens is 603 g/mol. The van der Waals surface area contributed by atoms with E-state index in [0.717, 1.165) is 17.8 Å². The minimum atomic E-state index is 0.0955. The van der Waals surface area contributed by atoms with Crippen LogP contribution in [0.3, 0.4) is 0 Å². The molecule has 242 valence electrons. The van der Waals surface area contributed by atoms with Crippen molar-refractivity contribution in [3.05, 3.63) is 163 Å². The van der Waals surface area contributed by atoms with Crippen LogP contribution in [0, 0.1) is 23.7 Å². The number of benzene rings is 7. The van der Waals surface area contributed by atoms with Gasteiger partial charge in [-0.25, -0.2) is 0 Å². The number of hydrogen-bond donors (Lipinski definition) is 0. The molecule has 0 aliphatic heterocycles. The summed E-state index contributed by atoms with van der Waals surface area (Å²) in [6.07, 6.45) is 8.43. The third-order valence-corrected chi connectivity index (χ3v) is 13.4. The summed E-state index contributed by atoms with van der Waals surface area (Å²) in [7, 11) is 0. The number of rotatable bonds is 4. The smallest absolute Gasteiger partial charge is 0.0546 e. The second-order valence-corrected chi connectivity index (χ2v) is 15.7. The quantitative estimate of drug-likeness (QED) is 0.173. The molecule has 7 aromatic rings. The van der Waals surface area contributed by atoms with Crippen LogP contribution in [-0.2, 0) is 5.41 Å². The zero-order valence-corrected chi connectivity index (χ0v) is 28.4. The fourth-order valence-corrected chi connectivity index (χ4v) is 11.4. The van der Waals surface area contributed by atoms with E-state index in [0.29, 0.717) is 5.92 Å². The fourth-order valence-electron chi connectivity index (χ4n) is 11.4. The van der Waals surface area contributed by atoms with Gasteiger partial charge in [0.1, 0.15) is 0 Å². The van der Waals surface area contributed by atoms with Crippen LogP contribution in [0.25, 0.3) is 43.8 Å². The Bertz CT molecular complexity index is 2440. The minimum absolute atomic E-state index is 0.0955. The Morgan fingerprint density at radius 3 is 2.10 bits per heavy atom. The van der Waals surface area contributed by atoms with E-state index in [-0.39, 0.29) is 5.41 Å². The van der Waals surface area contributed by atoms with Crippen molar-refractivity contribution in [1.29, 1.82) is 0 Å². The van der Waals surface area contributed by atoms with E-state index in [9.17, 15) is 0 Å². The summed E-state index contributed by atoms with van der Waals surface area (Å²) in [5, 5.41) is 5.14. The molecule has 0 amide bonds. The summed E-state index contributed by atoms with van der Waals surface area (Å²) in [4.78, 5) is 2.59. The van der Waals surface area contributed by atoms with Gasteiger partial charge < -0.3 is 4.90 Å².